The number of hydrogen-bond acceptors (Lipinski definition) is 6. The highest BCUT2D eigenvalue weighted by Gasteiger charge is 2.25. The van der Waals surface area contributed by atoms with Crippen molar-refractivity contribution in [3.63, 3.8) is 0 Å². The van der Waals surface area contributed by atoms with E-state index in [9.17, 15) is 0 Å². The maximum Gasteiger partial charge on any atom is 0.227 e. The van der Waals surface area contributed by atoms with Crippen LogP contribution in [0.25, 0.3) is 112 Å². The summed E-state index contributed by atoms with van der Waals surface area (Å²) in [7, 11) is 0. The Balaban J connectivity index is 1.22. The third-order valence-electron chi connectivity index (χ3n) is 10.4. The minimum Gasteiger partial charge on any atom is -0.456 e. The number of furan rings is 1. The number of benzene rings is 8. The molecule has 0 bridgehead atoms. The summed E-state index contributed by atoms with van der Waals surface area (Å²) in [5.74, 6) is 2.05. The van der Waals surface area contributed by atoms with Gasteiger partial charge in [0.25, 0.3) is 0 Å². The summed E-state index contributed by atoms with van der Waals surface area (Å²) in [4.78, 5) is 20.9. The van der Waals surface area contributed by atoms with Gasteiger partial charge in [0.1, 0.15) is 16.7 Å². The summed E-state index contributed by atoms with van der Waals surface area (Å²) >= 11 is 0. The number of hydrogen-bond donors (Lipinski definition) is 0. The monoisotopic (exact) mass is 718 g/mol. The Morgan fingerprint density at radius 1 is 0.357 bits per heavy atom. The number of aromatic nitrogens is 4. The number of oxazole rings is 1. The molecule has 0 spiro atoms. The lowest BCUT2D eigenvalue weighted by Gasteiger charge is -2.15. The quantitative estimate of drug-likeness (QED) is 0.170. The molecule has 0 aliphatic rings. The molecule has 0 amide bonds. The van der Waals surface area contributed by atoms with Crippen molar-refractivity contribution in [2.24, 2.45) is 0 Å². The van der Waals surface area contributed by atoms with Crippen LogP contribution in [-0.4, -0.2) is 19.9 Å². The average molecular weight is 719 g/mol. The van der Waals surface area contributed by atoms with Gasteiger partial charge >= 0.3 is 0 Å². The molecule has 0 unspecified atom stereocenters. The van der Waals surface area contributed by atoms with Crippen molar-refractivity contribution in [1.29, 1.82) is 0 Å². The molecule has 6 nitrogen and oxygen atoms in total. The lowest BCUT2D eigenvalue weighted by Crippen LogP contribution is -2.02. The van der Waals surface area contributed by atoms with Crippen LogP contribution in [-0.2, 0) is 0 Å². The lowest BCUT2D eigenvalue weighted by atomic mass is 9.93. The van der Waals surface area contributed by atoms with Crippen LogP contribution in [0.4, 0.5) is 0 Å². The van der Waals surface area contributed by atoms with Crippen molar-refractivity contribution in [1.82, 2.24) is 19.9 Å². The summed E-state index contributed by atoms with van der Waals surface area (Å²) in [5.41, 5.74) is 10.3. The number of para-hydroxylation sites is 1. The van der Waals surface area contributed by atoms with Crippen molar-refractivity contribution in [2.45, 2.75) is 0 Å². The molecule has 0 saturated carbocycles. The molecule has 0 N–H and O–H groups in total. The summed E-state index contributed by atoms with van der Waals surface area (Å²) in [6.07, 6.45) is 0. The topological polar surface area (TPSA) is 77.8 Å². The van der Waals surface area contributed by atoms with E-state index in [4.69, 9.17) is 28.8 Å². The van der Waals surface area contributed by atoms with Crippen LogP contribution in [0, 0.1) is 0 Å². The fourth-order valence-corrected chi connectivity index (χ4v) is 7.74. The fraction of sp³-hybridized carbons (Fsp3) is 0. The molecule has 6 heteroatoms. The maximum atomic E-state index is 6.72. The molecule has 0 fully saturated rings. The molecule has 0 atom stereocenters. The first-order valence-corrected chi connectivity index (χ1v) is 18.6. The molecule has 3 aromatic heterocycles. The van der Waals surface area contributed by atoms with Gasteiger partial charge in [0.2, 0.25) is 5.89 Å². The van der Waals surface area contributed by atoms with Crippen LogP contribution >= 0.6 is 0 Å². The zero-order chi connectivity index (χ0) is 37.0. The predicted octanol–water partition coefficient (Wildman–Crippen LogP) is 13.1. The average Bonchev–Trinajstić information content (AvgIpc) is 3.87. The first kappa shape index (κ1) is 31.8. The van der Waals surface area contributed by atoms with E-state index in [1.807, 2.05) is 66.7 Å². The van der Waals surface area contributed by atoms with E-state index in [0.717, 1.165) is 66.1 Å². The van der Waals surface area contributed by atoms with Crippen LogP contribution in [0.15, 0.2) is 191 Å². The van der Waals surface area contributed by atoms with Crippen LogP contribution in [0.5, 0.6) is 0 Å². The van der Waals surface area contributed by atoms with Crippen LogP contribution in [0.3, 0.4) is 0 Å². The van der Waals surface area contributed by atoms with E-state index in [2.05, 4.69) is 115 Å². The Kier molecular flexibility index (Phi) is 7.38. The normalized spacial score (nSPS) is 11.6. The molecule has 11 rings (SSSR count). The zero-order valence-corrected chi connectivity index (χ0v) is 29.9. The van der Waals surface area contributed by atoms with E-state index in [1.165, 1.54) is 0 Å². The first-order chi connectivity index (χ1) is 27.7. The Labute approximate surface area is 321 Å². The van der Waals surface area contributed by atoms with Gasteiger partial charge in [0.05, 0.1) is 5.56 Å². The van der Waals surface area contributed by atoms with Gasteiger partial charge in [-0.05, 0) is 51.7 Å². The van der Waals surface area contributed by atoms with E-state index < -0.39 is 0 Å². The third kappa shape index (κ3) is 5.35. The third-order valence-corrected chi connectivity index (χ3v) is 10.4. The van der Waals surface area contributed by atoms with Crippen molar-refractivity contribution in [3.05, 3.63) is 182 Å². The van der Waals surface area contributed by atoms with E-state index in [1.54, 1.807) is 0 Å². The zero-order valence-electron chi connectivity index (χ0n) is 29.9. The molecule has 0 aliphatic carbocycles. The van der Waals surface area contributed by atoms with Crippen molar-refractivity contribution in [2.75, 3.05) is 0 Å². The molecule has 8 aromatic carbocycles. The predicted molar refractivity (Wildman–Crippen MR) is 225 cm³/mol. The fourth-order valence-electron chi connectivity index (χ4n) is 7.74. The summed E-state index contributed by atoms with van der Waals surface area (Å²) in [6, 6.07) is 61.8. The molecule has 3 heterocycles. The van der Waals surface area contributed by atoms with Gasteiger partial charge in [0.15, 0.2) is 23.1 Å². The minimum atomic E-state index is 0.460. The molecular weight excluding hydrogens is 689 g/mol. The Hall–Kier alpha value is -7.70. The summed E-state index contributed by atoms with van der Waals surface area (Å²) < 4.78 is 13.2. The molecule has 11 aromatic rings. The van der Waals surface area contributed by atoms with Crippen LogP contribution < -0.4 is 0 Å². The second-order valence-corrected chi connectivity index (χ2v) is 13.8. The molecule has 0 radical (unpaired) electrons. The SMILES string of the molecule is c1ccc(-c2ccc(-c3nc(-c4ccc5ccccc5c4-c4ccccc4)nc(-c4c5oc(-c6ccccc6)nc5cc5oc6ccccc6c45)n3)cc2)cc1. The minimum absolute atomic E-state index is 0.460. The van der Waals surface area contributed by atoms with Gasteiger partial charge in [0, 0.05) is 39.1 Å². The van der Waals surface area contributed by atoms with Crippen molar-refractivity contribution >= 4 is 43.8 Å². The molecule has 56 heavy (non-hydrogen) atoms. The summed E-state index contributed by atoms with van der Waals surface area (Å²) in [6.45, 7) is 0. The van der Waals surface area contributed by atoms with Gasteiger partial charge in [-0.25, -0.2) is 19.9 Å². The second-order valence-electron chi connectivity index (χ2n) is 13.8. The molecule has 0 aliphatic heterocycles. The number of fused-ring (bicyclic) bond motifs is 5. The van der Waals surface area contributed by atoms with Crippen molar-refractivity contribution in [3.8, 4) is 67.9 Å². The van der Waals surface area contributed by atoms with Gasteiger partial charge in [-0.3, -0.25) is 0 Å². The maximum absolute atomic E-state index is 6.72. The lowest BCUT2D eigenvalue weighted by molar-refractivity contribution is 0.620. The smallest absolute Gasteiger partial charge is 0.227 e. The van der Waals surface area contributed by atoms with Crippen LogP contribution in [0.1, 0.15) is 0 Å². The van der Waals surface area contributed by atoms with Crippen LogP contribution in [0.2, 0.25) is 0 Å². The largest absolute Gasteiger partial charge is 0.456 e. The highest BCUT2D eigenvalue weighted by molar-refractivity contribution is 6.18. The van der Waals surface area contributed by atoms with E-state index in [-0.39, 0.29) is 0 Å². The highest BCUT2D eigenvalue weighted by atomic mass is 16.4. The Morgan fingerprint density at radius 2 is 0.946 bits per heavy atom. The molecule has 262 valence electrons. The summed E-state index contributed by atoms with van der Waals surface area (Å²) in [5, 5.41) is 4.03. The van der Waals surface area contributed by atoms with Gasteiger partial charge in [-0.1, -0.05) is 152 Å². The standard InChI is InChI=1S/C50H30N4O2/c1-4-14-31(15-5-1)32-24-26-35(27-25-32)47-52-48(39-29-28-33-16-10-11-21-37(33)43(39)34-17-6-2-7-18-34)54-49(53-47)45-44-38-22-12-13-23-41(38)55-42(44)30-40-46(45)56-50(51-40)36-19-8-3-9-20-36/h1-30H. The number of nitrogens with zero attached hydrogens (tertiary/aromatic N) is 4. The number of rotatable bonds is 6. The van der Waals surface area contributed by atoms with Gasteiger partial charge in [-0.15, -0.1) is 0 Å². The van der Waals surface area contributed by atoms with Gasteiger partial charge < -0.3 is 8.83 Å². The van der Waals surface area contributed by atoms with Gasteiger partial charge in [-0.2, -0.15) is 0 Å². The first-order valence-electron chi connectivity index (χ1n) is 18.6. The Bertz CT molecular complexity index is 3230. The Morgan fingerprint density at radius 3 is 1.71 bits per heavy atom. The van der Waals surface area contributed by atoms with E-state index >= 15 is 0 Å². The second kappa shape index (κ2) is 13.0. The molecule has 0 saturated heterocycles. The van der Waals surface area contributed by atoms with Crippen molar-refractivity contribution < 1.29 is 8.83 Å². The molecular formula is C50H30N4O2. The van der Waals surface area contributed by atoms with E-state index in [0.29, 0.717) is 45.6 Å². The highest BCUT2D eigenvalue weighted by Crippen LogP contribution is 2.44.